The lowest BCUT2D eigenvalue weighted by atomic mass is 10.0. The minimum Gasteiger partial charge on any atom is -0.492 e. The second-order valence-electron chi connectivity index (χ2n) is 7.51. The van der Waals surface area contributed by atoms with Crippen LogP contribution in [0.1, 0.15) is 42.1 Å². The van der Waals surface area contributed by atoms with E-state index in [1.165, 1.54) is 5.56 Å². The van der Waals surface area contributed by atoms with Crippen LogP contribution in [-0.2, 0) is 11.3 Å². The van der Waals surface area contributed by atoms with E-state index in [0.29, 0.717) is 43.3 Å². The molecule has 3 rings (SSSR count). The Morgan fingerprint density at radius 2 is 1.94 bits per heavy atom. The molecule has 7 nitrogen and oxygen atoms in total. The van der Waals surface area contributed by atoms with Gasteiger partial charge in [0, 0.05) is 36.6 Å². The van der Waals surface area contributed by atoms with Crippen molar-refractivity contribution < 1.29 is 14.3 Å². The van der Waals surface area contributed by atoms with Gasteiger partial charge in [-0.2, -0.15) is 0 Å². The standard InChI is InChI=1S/C24H28N4O3/c1-18(2)19-6-8-22(9-7-19)31-15-12-26-24(30)20-4-3-5-21(16-20)27-23(29)10-13-28-14-11-25-17-28/h3-9,11,14,16-18H,10,12-13,15H2,1-2H3,(H,26,30)(H,27,29). The Hall–Kier alpha value is -3.61. The molecule has 0 unspecified atom stereocenters. The Labute approximate surface area is 182 Å². The van der Waals surface area contributed by atoms with Crippen LogP contribution in [-0.4, -0.2) is 34.5 Å². The van der Waals surface area contributed by atoms with Crippen LogP contribution in [0.5, 0.6) is 5.75 Å². The highest BCUT2D eigenvalue weighted by Gasteiger charge is 2.08. The van der Waals surface area contributed by atoms with Crippen LogP contribution in [0, 0.1) is 0 Å². The average Bonchev–Trinajstić information content (AvgIpc) is 3.29. The number of hydrogen-bond acceptors (Lipinski definition) is 4. The van der Waals surface area contributed by atoms with Crippen molar-refractivity contribution in [1.82, 2.24) is 14.9 Å². The van der Waals surface area contributed by atoms with Crippen molar-refractivity contribution in [3.8, 4) is 5.75 Å². The summed E-state index contributed by atoms with van der Waals surface area (Å²) in [4.78, 5) is 28.5. The van der Waals surface area contributed by atoms with E-state index in [2.05, 4.69) is 29.5 Å². The summed E-state index contributed by atoms with van der Waals surface area (Å²) < 4.78 is 7.52. The number of carbonyl (C=O) groups is 2. The lowest BCUT2D eigenvalue weighted by molar-refractivity contribution is -0.116. The number of hydrogen-bond donors (Lipinski definition) is 2. The van der Waals surface area contributed by atoms with Crippen LogP contribution in [0.3, 0.4) is 0 Å². The third-order valence-corrected chi connectivity index (χ3v) is 4.77. The van der Waals surface area contributed by atoms with Crippen LogP contribution >= 0.6 is 0 Å². The Balaban J connectivity index is 1.42. The molecule has 2 aromatic carbocycles. The monoisotopic (exact) mass is 420 g/mol. The quantitative estimate of drug-likeness (QED) is 0.488. The maximum Gasteiger partial charge on any atom is 0.251 e. The van der Waals surface area contributed by atoms with Crippen molar-refractivity contribution in [1.29, 1.82) is 0 Å². The third-order valence-electron chi connectivity index (χ3n) is 4.77. The molecule has 0 bridgehead atoms. The molecule has 0 aliphatic heterocycles. The van der Waals surface area contributed by atoms with E-state index in [-0.39, 0.29) is 11.8 Å². The van der Waals surface area contributed by atoms with E-state index in [9.17, 15) is 9.59 Å². The van der Waals surface area contributed by atoms with Crippen molar-refractivity contribution in [2.45, 2.75) is 32.7 Å². The number of amides is 2. The number of anilines is 1. The smallest absolute Gasteiger partial charge is 0.251 e. The number of rotatable bonds is 10. The zero-order chi connectivity index (χ0) is 22.1. The molecule has 0 saturated heterocycles. The summed E-state index contributed by atoms with van der Waals surface area (Å²) in [5, 5.41) is 5.66. The van der Waals surface area contributed by atoms with E-state index >= 15 is 0 Å². The van der Waals surface area contributed by atoms with Gasteiger partial charge in [0.2, 0.25) is 5.91 Å². The van der Waals surface area contributed by atoms with Gasteiger partial charge in [0.1, 0.15) is 12.4 Å². The average molecular weight is 421 g/mol. The molecule has 0 radical (unpaired) electrons. The summed E-state index contributed by atoms with van der Waals surface area (Å²) in [5.74, 6) is 0.918. The summed E-state index contributed by atoms with van der Waals surface area (Å²) >= 11 is 0. The predicted molar refractivity (Wildman–Crippen MR) is 120 cm³/mol. The second kappa shape index (κ2) is 11.0. The summed E-state index contributed by atoms with van der Waals surface area (Å²) in [5.41, 5.74) is 2.33. The molecular weight excluding hydrogens is 392 g/mol. The molecule has 3 aromatic rings. The van der Waals surface area contributed by atoms with Crippen LogP contribution in [0.25, 0.3) is 0 Å². The summed E-state index contributed by atoms with van der Waals surface area (Å²) in [7, 11) is 0. The van der Waals surface area contributed by atoms with Gasteiger partial charge in [-0.1, -0.05) is 32.0 Å². The molecule has 0 aliphatic carbocycles. The van der Waals surface area contributed by atoms with E-state index in [1.54, 1.807) is 36.8 Å². The zero-order valence-corrected chi connectivity index (χ0v) is 17.9. The van der Waals surface area contributed by atoms with Crippen LogP contribution in [0.2, 0.25) is 0 Å². The van der Waals surface area contributed by atoms with E-state index < -0.39 is 0 Å². The highest BCUT2D eigenvalue weighted by Crippen LogP contribution is 2.18. The maximum absolute atomic E-state index is 12.4. The van der Waals surface area contributed by atoms with E-state index in [1.807, 2.05) is 35.0 Å². The molecule has 0 saturated carbocycles. The maximum atomic E-state index is 12.4. The Bertz CT molecular complexity index is 982. The summed E-state index contributed by atoms with van der Waals surface area (Å²) in [6.45, 7) is 5.59. The first-order valence-corrected chi connectivity index (χ1v) is 10.4. The predicted octanol–water partition coefficient (Wildman–Crippen LogP) is 3.84. The van der Waals surface area contributed by atoms with Crippen molar-refractivity contribution in [3.05, 3.63) is 78.4 Å². The molecule has 0 aliphatic rings. The van der Waals surface area contributed by atoms with Crippen molar-refractivity contribution in [3.63, 3.8) is 0 Å². The van der Waals surface area contributed by atoms with Gasteiger partial charge in [-0.3, -0.25) is 9.59 Å². The highest BCUT2D eigenvalue weighted by atomic mass is 16.5. The molecule has 0 spiro atoms. The number of nitrogens with zero attached hydrogens (tertiary/aromatic N) is 2. The normalized spacial score (nSPS) is 10.7. The lowest BCUT2D eigenvalue weighted by Gasteiger charge is -2.10. The first-order valence-electron chi connectivity index (χ1n) is 10.4. The van der Waals surface area contributed by atoms with Crippen molar-refractivity contribution in [2.75, 3.05) is 18.5 Å². The topological polar surface area (TPSA) is 85.3 Å². The van der Waals surface area contributed by atoms with Gasteiger partial charge >= 0.3 is 0 Å². The largest absolute Gasteiger partial charge is 0.492 e. The molecule has 2 N–H and O–H groups in total. The molecule has 162 valence electrons. The number of benzene rings is 2. The van der Waals surface area contributed by atoms with Gasteiger partial charge in [-0.15, -0.1) is 0 Å². The summed E-state index contributed by atoms with van der Waals surface area (Å²) in [6.07, 6.45) is 5.47. The Morgan fingerprint density at radius 1 is 1.13 bits per heavy atom. The van der Waals surface area contributed by atoms with Gasteiger partial charge in [0.15, 0.2) is 0 Å². The SMILES string of the molecule is CC(C)c1ccc(OCCNC(=O)c2cccc(NC(=O)CCn3ccnc3)c2)cc1. The second-order valence-corrected chi connectivity index (χ2v) is 7.51. The van der Waals surface area contributed by atoms with Crippen LogP contribution in [0.4, 0.5) is 5.69 Å². The van der Waals surface area contributed by atoms with Gasteiger partial charge in [-0.05, 0) is 41.8 Å². The van der Waals surface area contributed by atoms with E-state index in [0.717, 1.165) is 5.75 Å². The molecule has 31 heavy (non-hydrogen) atoms. The fourth-order valence-corrected chi connectivity index (χ4v) is 3.00. The molecule has 1 heterocycles. The number of ether oxygens (including phenoxy) is 1. The molecule has 0 fully saturated rings. The highest BCUT2D eigenvalue weighted by molar-refractivity contribution is 5.97. The minimum absolute atomic E-state index is 0.122. The van der Waals surface area contributed by atoms with Gasteiger partial charge in [0.05, 0.1) is 12.9 Å². The van der Waals surface area contributed by atoms with E-state index in [4.69, 9.17) is 4.74 Å². The number of imidazole rings is 1. The molecular formula is C24H28N4O3. The van der Waals surface area contributed by atoms with Crippen molar-refractivity contribution in [2.24, 2.45) is 0 Å². The van der Waals surface area contributed by atoms with Crippen molar-refractivity contribution >= 4 is 17.5 Å². The third kappa shape index (κ3) is 6.99. The number of aryl methyl sites for hydroxylation is 1. The number of carbonyl (C=O) groups excluding carboxylic acids is 2. The zero-order valence-electron chi connectivity index (χ0n) is 17.9. The molecule has 0 atom stereocenters. The summed E-state index contributed by atoms with van der Waals surface area (Å²) in [6, 6.07) is 14.9. The fraction of sp³-hybridized carbons (Fsp3) is 0.292. The van der Waals surface area contributed by atoms with Gasteiger partial charge < -0.3 is 19.9 Å². The van der Waals surface area contributed by atoms with Gasteiger partial charge in [-0.25, -0.2) is 4.98 Å². The van der Waals surface area contributed by atoms with Gasteiger partial charge in [0.25, 0.3) is 5.91 Å². The van der Waals surface area contributed by atoms with Crippen LogP contribution in [0.15, 0.2) is 67.3 Å². The molecule has 7 heteroatoms. The number of nitrogens with one attached hydrogen (secondary N) is 2. The first kappa shape index (κ1) is 22.1. The lowest BCUT2D eigenvalue weighted by Crippen LogP contribution is -2.28. The number of aromatic nitrogens is 2. The molecule has 2 amide bonds. The molecule has 1 aromatic heterocycles. The van der Waals surface area contributed by atoms with Crippen LogP contribution < -0.4 is 15.4 Å². The first-order chi connectivity index (χ1) is 15.0. The minimum atomic E-state index is -0.215. The Morgan fingerprint density at radius 3 is 2.65 bits per heavy atom. The Kier molecular flexibility index (Phi) is 7.81. The fourth-order valence-electron chi connectivity index (χ4n) is 3.00.